The molecule has 2 fully saturated rings. The number of hydrogen-bond acceptors (Lipinski definition) is 2. The highest BCUT2D eigenvalue weighted by molar-refractivity contribution is 5.20. The Morgan fingerprint density at radius 1 is 1.25 bits per heavy atom. The third-order valence-corrected chi connectivity index (χ3v) is 5.15. The predicted molar refractivity (Wildman–Crippen MR) is 84.7 cm³/mol. The predicted octanol–water partition coefficient (Wildman–Crippen LogP) is 3.46. The van der Waals surface area contributed by atoms with Crippen LogP contribution in [0.15, 0.2) is 30.3 Å². The Balaban J connectivity index is 1.72. The Morgan fingerprint density at radius 2 is 2.00 bits per heavy atom. The number of piperazine rings is 1. The molecule has 20 heavy (non-hydrogen) atoms. The Labute approximate surface area is 123 Å². The van der Waals surface area contributed by atoms with E-state index in [9.17, 15) is 0 Å². The van der Waals surface area contributed by atoms with Crippen LogP contribution in [0.1, 0.15) is 44.7 Å². The second-order valence-corrected chi connectivity index (χ2v) is 6.72. The van der Waals surface area contributed by atoms with Gasteiger partial charge in [0, 0.05) is 31.7 Å². The molecule has 1 aromatic rings. The number of nitrogens with one attached hydrogen (secondary N) is 1. The maximum Gasteiger partial charge on any atom is 0.0473 e. The van der Waals surface area contributed by atoms with Gasteiger partial charge in [0.1, 0.15) is 0 Å². The summed E-state index contributed by atoms with van der Waals surface area (Å²) in [5, 5.41) is 3.80. The Morgan fingerprint density at radius 3 is 2.65 bits per heavy atom. The molecule has 2 aliphatic rings. The van der Waals surface area contributed by atoms with Crippen molar-refractivity contribution in [3.8, 4) is 0 Å². The number of benzene rings is 1. The lowest BCUT2D eigenvalue weighted by molar-refractivity contribution is 0.104. The fourth-order valence-corrected chi connectivity index (χ4v) is 3.34. The summed E-state index contributed by atoms with van der Waals surface area (Å²) < 4.78 is 0. The molecule has 1 saturated carbocycles. The van der Waals surface area contributed by atoms with Crippen molar-refractivity contribution in [2.24, 2.45) is 11.8 Å². The third kappa shape index (κ3) is 3.24. The summed E-state index contributed by atoms with van der Waals surface area (Å²) in [6.07, 6.45) is 4.16. The zero-order valence-corrected chi connectivity index (χ0v) is 12.9. The van der Waals surface area contributed by atoms with E-state index in [1.807, 2.05) is 0 Å². The van der Waals surface area contributed by atoms with E-state index < -0.39 is 0 Å². The van der Waals surface area contributed by atoms with Crippen LogP contribution in [-0.2, 0) is 0 Å². The van der Waals surface area contributed by atoms with Crippen LogP contribution in [0.4, 0.5) is 0 Å². The van der Waals surface area contributed by atoms with Crippen LogP contribution in [-0.4, -0.2) is 30.6 Å². The lowest BCUT2D eigenvalue weighted by Crippen LogP contribution is -2.55. The zero-order valence-electron chi connectivity index (χ0n) is 12.9. The van der Waals surface area contributed by atoms with Gasteiger partial charge in [-0.2, -0.15) is 0 Å². The molecule has 1 aliphatic carbocycles. The lowest BCUT2D eigenvalue weighted by atomic mass is 9.93. The Bertz CT molecular complexity index is 413. The van der Waals surface area contributed by atoms with E-state index in [1.54, 1.807) is 0 Å². The molecule has 0 aromatic heterocycles. The monoisotopic (exact) mass is 272 g/mol. The minimum atomic E-state index is 0.567. The first kappa shape index (κ1) is 14.1. The van der Waals surface area contributed by atoms with Crippen molar-refractivity contribution in [2.45, 2.75) is 45.2 Å². The number of rotatable bonds is 5. The van der Waals surface area contributed by atoms with E-state index in [1.165, 1.54) is 37.9 Å². The number of nitrogens with zero attached hydrogens (tertiary/aromatic N) is 1. The summed E-state index contributed by atoms with van der Waals surface area (Å²) in [6, 6.07) is 12.3. The van der Waals surface area contributed by atoms with E-state index >= 15 is 0 Å². The van der Waals surface area contributed by atoms with Crippen molar-refractivity contribution < 1.29 is 0 Å². The van der Waals surface area contributed by atoms with Gasteiger partial charge in [0.2, 0.25) is 0 Å². The molecule has 1 aliphatic heterocycles. The molecule has 0 bridgehead atoms. The summed E-state index contributed by atoms with van der Waals surface area (Å²) in [6.45, 7) is 8.31. The van der Waals surface area contributed by atoms with Crippen LogP contribution in [0.5, 0.6) is 0 Å². The molecule has 3 rings (SSSR count). The maximum absolute atomic E-state index is 3.80. The summed E-state index contributed by atoms with van der Waals surface area (Å²) >= 11 is 0. The first-order chi connectivity index (χ1) is 9.78. The molecule has 1 saturated heterocycles. The van der Waals surface area contributed by atoms with E-state index in [2.05, 4.69) is 54.4 Å². The molecule has 1 aromatic carbocycles. The van der Waals surface area contributed by atoms with E-state index in [-0.39, 0.29) is 0 Å². The molecule has 1 N–H and O–H groups in total. The summed E-state index contributed by atoms with van der Waals surface area (Å²) in [4.78, 5) is 2.75. The van der Waals surface area contributed by atoms with Gasteiger partial charge in [0.05, 0.1) is 0 Å². The van der Waals surface area contributed by atoms with Gasteiger partial charge in [-0.15, -0.1) is 0 Å². The highest BCUT2D eigenvalue weighted by Crippen LogP contribution is 2.34. The first-order valence-corrected chi connectivity index (χ1v) is 8.30. The molecular weight excluding hydrogens is 244 g/mol. The van der Waals surface area contributed by atoms with Gasteiger partial charge in [0.15, 0.2) is 0 Å². The van der Waals surface area contributed by atoms with Gasteiger partial charge >= 0.3 is 0 Å². The van der Waals surface area contributed by atoms with Crippen molar-refractivity contribution in [2.75, 3.05) is 19.6 Å². The standard InChI is InChI=1S/C18H28N2/c1-3-14(2)17-13-20(12-15-9-10-15)18(11-19-17)16-7-5-4-6-8-16/h4-8,14-15,17-19H,3,9-13H2,1-2H3. The molecular formula is C18H28N2. The highest BCUT2D eigenvalue weighted by Gasteiger charge is 2.34. The normalized spacial score (nSPS) is 29.3. The molecule has 0 radical (unpaired) electrons. The summed E-state index contributed by atoms with van der Waals surface area (Å²) in [7, 11) is 0. The van der Waals surface area contributed by atoms with Gasteiger partial charge in [-0.25, -0.2) is 0 Å². The number of hydrogen-bond donors (Lipinski definition) is 1. The van der Waals surface area contributed by atoms with Crippen LogP contribution >= 0.6 is 0 Å². The highest BCUT2D eigenvalue weighted by atomic mass is 15.2. The molecule has 3 unspecified atom stereocenters. The molecule has 110 valence electrons. The van der Waals surface area contributed by atoms with Gasteiger partial charge in [-0.05, 0) is 30.2 Å². The Hall–Kier alpha value is -0.860. The second-order valence-electron chi connectivity index (χ2n) is 6.72. The molecule has 1 heterocycles. The molecule has 0 spiro atoms. The van der Waals surface area contributed by atoms with E-state index in [0.717, 1.165) is 18.4 Å². The third-order valence-electron chi connectivity index (χ3n) is 5.15. The molecule has 2 heteroatoms. The Kier molecular flexibility index (Phi) is 4.42. The molecule has 0 amide bonds. The van der Waals surface area contributed by atoms with Crippen LogP contribution in [0, 0.1) is 11.8 Å². The summed E-state index contributed by atoms with van der Waals surface area (Å²) in [5.74, 6) is 1.74. The molecule has 2 nitrogen and oxygen atoms in total. The maximum atomic E-state index is 3.80. The van der Waals surface area contributed by atoms with Crippen molar-refractivity contribution in [3.63, 3.8) is 0 Å². The van der Waals surface area contributed by atoms with E-state index in [4.69, 9.17) is 0 Å². The fourth-order valence-electron chi connectivity index (χ4n) is 3.34. The average Bonchev–Trinajstić information content (AvgIpc) is 3.31. The van der Waals surface area contributed by atoms with Crippen LogP contribution in [0.3, 0.4) is 0 Å². The first-order valence-electron chi connectivity index (χ1n) is 8.30. The van der Waals surface area contributed by atoms with Crippen molar-refractivity contribution in [1.82, 2.24) is 10.2 Å². The van der Waals surface area contributed by atoms with E-state index in [0.29, 0.717) is 12.1 Å². The van der Waals surface area contributed by atoms with Gasteiger partial charge in [0.25, 0.3) is 0 Å². The van der Waals surface area contributed by atoms with Gasteiger partial charge in [-0.3, -0.25) is 4.90 Å². The topological polar surface area (TPSA) is 15.3 Å². The van der Waals surface area contributed by atoms with Crippen LogP contribution < -0.4 is 5.32 Å². The van der Waals surface area contributed by atoms with Gasteiger partial charge < -0.3 is 5.32 Å². The van der Waals surface area contributed by atoms with Crippen LogP contribution in [0.2, 0.25) is 0 Å². The fraction of sp³-hybridized carbons (Fsp3) is 0.667. The minimum absolute atomic E-state index is 0.567. The minimum Gasteiger partial charge on any atom is -0.311 e. The molecule has 3 atom stereocenters. The van der Waals surface area contributed by atoms with Crippen molar-refractivity contribution in [1.29, 1.82) is 0 Å². The summed E-state index contributed by atoms with van der Waals surface area (Å²) in [5.41, 5.74) is 1.48. The van der Waals surface area contributed by atoms with Gasteiger partial charge in [-0.1, -0.05) is 50.6 Å². The second kappa shape index (κ2) is 6.28. The largest absolute Gasteiger partial charge is 0.311 e. The van der Waals surface area contributed by atoms with Crippen molar-refractivity contribution in [3.05, 3.63) is 35.9 Å². The zero-order chi connectivity index (χ0) is 13.9. The lowest BCUT2D eigenvalue weighted by Gasteiger charge is -2.42. The van der Waals surface area contributed by atoms with Crippen molar-refractivity contribution >= 4 is 0 Å². The smallest absolute Gasteiger partial charge is 0.0473 e. The quantitative estimate of drug-likeness (QED) is 0.883. The SMILES string of the molecule is CCC(C)C1CN(CC2CC2)C(c2ccccc2)CN1. The average molecular weight is 272 g/mol. The van der Waals surface area contributed by atoms with Crippen LogP contribution in [0.25, 0.3) is 0 Å².